The van der Waals surface area contributed by atoms with Gasteiger partial charge in [-0.15, -0.1) is 0 Å². The van der Waals surface area contributed by atoms with Crippen LogP contribution in [0.5, 0.6) is 5.75 Å². The Morgan fingerprint density at radius 2 is 2.29 bits per heavy atom. The van der Waals surface area contributed by atoms with E-state index >= 15 is 0 Å². The summed E-state index contributed by atoms with van der Waals surface area (Å²) < 4.78 is 4.65. The van der Waals surface area contributed by atoms with E-state index in [0.717, 1.165) is 17.4 Å². The van der Waals surface area contributed by atoms with Gasteiger partial charge < -0.3 is 9.84 Å². The lowest BCUT2D eigenvalue weighted by Crippen LogP contribution is -2.04. The van der Waals surface area contributed by atoms with E-state index in [0.29, 0.717) is 5.52 Å². The molecular weight excluding hydrogens is 242 g/mol. The number of benzene rings is 1. The molecule has 0 bridgehead atoms. The Morgan fingerprint density at radius 3 is 2.94 bits per heavy atom. The normalized spacial score (nSPS) is 10.5. The monoisotopic (exact) mass is 251 g/mol. The quantitative estimate of drug-likeness (QED) is 0.655. The van der Waals surface area contributed by atoms with E-state index < -0.39 is 6.16 Å². The molecule has 0 spiro atoms. The highest BCUT2D eigenvalue weighted by molar-refractivity contribution is 6.33. The largest absolute Gasteiger partial charge is 0.511 e. The van der Waals surface area contributed by atoms with Crippen molar-refractivity contribution >= 4 is 28.7 Å². The predicted octanol–water partition coefficient (Wildman–Crippen LogP) is 3.51. The number of rotatable bonds is 2. The average molecular weight is 252 g/mol. The molecule has 0 saturated carbocycles. The standard InChI is InChI=1S/C12H10ClNO3/c1-2-7-5-8-3-4-9(13)11(17-12(15)16)10(8)14-6-7/h3-6H,2H2,1H3,(H,15,16). The van der Waals surface area contributed by atoms with Crippen molar-refractivity contribution in [2.75, 3.05) is 0 Å². The second kappa shape index (κ2) is 4.59. The smallest absolute Gasteiger partial charge is 0.449 e. The molecule has 0 amide bonds. The fourth-order valence-electron chi connectivity index (χ4n) is 1.57. The number of aromatic nitrogens is 1. The highest BCUT2D eigenvalue weighted by Crippen LogP contribution is 2.32. The van der Waals surface area contributed by atoms with Crippen molar-refractivity contribution in [3.63, 3.8) is 0 Å². The van der Waals surface area contributed by atoms with Crippen molar-refractivity contribution < 1.29 is 14.6 Å². The maximum absolute atomic E-state index is 10.6. The second-order valence-electron chi connectivity index (χ2n) is 3.51. The van der Waals surface area contributed by atoms with Crippen molar-refractivity contribution in [2.24, 2.45) is 0 Å². The number of hydrogen-bond acceptors (Lipinski definition) is 3. The van der Waals surface area contributed by atoms with E-state index in [2.05, 4.69) is 9.72 Å². The molecule has 0 aliphatic heterocycles. The van der Waals surface area contributed by atoms with E-state index in [-0.39, 0.29) is 10.8 Å². The molecule has 88 valence electrons. The van der Waals surface area contributed by atoms with Crippen molar-refractivity contribution in [3.8, 4) is 5.75 Å². The summed E-state index contributed by atoms with van der Waals surface area (Å²) in [6.07, 6.45) is 1.15. The van der Waals surface area contributed by atoms with E-state index in [1.165, 1.54) is 0 Å². The third kappa shape index (κ3) is 2.31. The van der Waals surface area contributed by atoms with Crippen molar-refractivity contribution in [2.45, 2.75) is 13.3 Å². The molecule has 1 aromatic heterocycles. The van der Waals surface area contributed by atoms with Crippen LogP contribution < -0.4 is 4.74 Å². The summed E-state index contributed by atoms with van der Waals surface area (Å²) in [6.45, 7) is 2.02. The van der Waals surface area contributed by atoms with Gasteiger partial charge in [-0.05, 0) is 24.1 Å². The fraction of sp³-hybridized carbons (Fsp3) is 0.167. The number of aryl methyl sites for hydroxylation is 1. The first-order chi connectivity index (χ1) is 8.11. The minimum atomic E-state index is -1.40. The Kier molecular flexibility index (Phi) is 3.15. The second-order valence-corrected chi connectivity index (χ2v) is 3.92. The van der Waals surface area contributed by atoms with Crippen LogP contribution in [0.2, 0.25) is 5.02 Å². The highest BCUT2D eigenvalue weighted by atomic mass is 35.5. The highest BCUT2D eigenvalue weighted by Gasteiger charge is 2.12. The van der Waals surface area contributed by atoms with Gasteiger partial charge in [0.1, 0.15) is 5.52 Å². The molecule has 17 heavy (non-hydrogen) atoms. The molecule has 4 nitrogen and oxygen atoms in total. The minimum absolute atomic E-state index is 0.0827. The van der Waals surface area contributed by atoms with Gasteiger partial charge in [-0.2, -0.15) is 0 Å². The molecule has 2 rings (SSSR count). The number of carbonyl (C=O) groups is 1. The van der Waals surface area contributed by atoms with Gasteiger partial charge in [0.15, 0.2) is 5.75 Å². The summed E-state index contributed by atoms with van der Waals surface area (Å²) >= 11 is 5.89. The van der Waals surface area contributed by atoms with Gasteiger partial charge in [-0.1, -0.05) is 24.6 Å². The van der Waals surface area contributed by atoms with Gasteiger partial charge in [-0.25, -0.2) is 4.79 Å². The van der Waals surface area contributed by atoms with Crippen molar-refractivity contribution in [3.05, 3.63) is 35.0 Å². The lowest BCUT2D eigenvalue weighted by atomic mass is 10.1. The SMILES string of the molecule is CCc1cnc2c(OC(=O)O)c(Cl)ccc2c1. The number of carboxylic acid groups (broad SMARTS) is 1. The number of halogens is 1. The van der Waals surface area contributed by atoms with Crippen LogP contribution in [0, 0.1) is 0 Å². The summed E-state index contributed by atoms with van der Waals surface area (Å²) in [6, 6.07) is 5.33. The van der Waals surface area contributed by atoms with Crippen LogP contribution in [0.25, 0.3) is 10.9 Å². The first-order valence-electron chi connectivity index (χ1n) is 5.09. The molecular formula is C12H10ClNO3. The van der Waals surface area contributed by atoms with Crippen LogP contribution >= 0.6 is 11.6 Å². The molecule has 0 aliphatic carbocycles. The van der Waals surface area contributed by atoms with Crippen LogP contribution in [0.15, 0.2) is 24.4 Å². The topological polar surface area (TPSA) is 59.4 Å². The van der Waals surface area contributed by atoms with Gasteiger partial charge in [0.05, 0.1) is 5.02 Å². The van der Waals surface area contributed by atoms with Crippen LogP contribution in [-0.2, 0) is 6.42 Å². The average Bonchev–Trinajstić information content (AvgIpc) is 2.32. The lowest BCUT2D eigenvalue weighted by molar-refractivity contribution is 0.145. The number of pyridine rings is 1. The first-order valence-corrected chi connectivity index (χ1v) is 5.47. The summed E-state index contributed by atoms with van der Waals surface area (Å²) in [5.74, 6) is 0.0827. The number of ether oxygens (including phenoxy) is 1. The zero-order chi connectivity index (χ0) is 12.4. The maximum Gasteiger partial charge on any atom is 0.511 e. The Bertz CT molecular complexity index is 583. The molecule has 0 unspecified atom stereocenters. The van der Waals surface area contributed by atoms with Crippen molar-refractivity contribution in [1.29, 1.82) is 0 Å². The molecule has 1 N–H and O–H groups in total. The molecule has 0 radical (unpaired) electrons. The Labute approximate surface area is 103 Å². The van der Waals surface area contributed by atoms with E-state index in [4.69, 9.17) is 16.7 Å². The van der Waals surface area contributed by atoms with Gasteiger partial charge in [0.25, 0.3) is 0 Å². The minimum Gasteiger partial charge on any atom is -0.449 e. The molecule has 0 saturated heterocycles. The predicted molar refractivity (Wildman–Crippen MR) is 64.8 cm³/mol. The first kappa shape index (κ1) is 11.7. The van der Waals surface area contributed by atoms with Crippen molar-refractivity contribution in [1.82, 2.24) is 4.98 Å². The summed E-state index contributed by atoms with van der Waals surface area (Å²) in [5, 5.41) is 9.69. The number of fused-ring (bicyclic) bond motifs is 1. The molecule has 0 aliphatic rings. The Morgan fingerprint density at radius 1 is 1.53 bits per heavy atom. The van der Waals surface area contributed by atoms with Crippen LogP contribution in [0.1, 0.15) is 12.5 Å². The maximum atomic E-state index is 10.6. The number of hydrogen-bond donors (Lipinski definition) is 1. The van der Waals surface area contributed by atoms with Crippen LogP contribution in [0.4, 0.5) is 4.79 Å². The van der Waals surface area contributed by atoms with Gasteiger partial charge in [0, 0.05) is 11.6 Å². The third-order valence-corrected chi connectivity index (χ3v) is 2.71. The third-order valence-electron chi connectivity index (χ3n) is 2.41. The number of nitrogens with zero attached hydrogens (tertiary/aromatic N) is 1. The summed E-state index contributed by atoms with van der Waals surface area (Å²) in [7, 11) is 0. The molecule has 1 aromatic carbocycles. The Balaban J connectivity index is 2.64. The van der Waals surface area contributed by atoms with Gasteiger partial charge >= 0.3 is 6.16 Å². The summed E-state index contributed by atoms with van der Waals surface area (Å²) in [5.41, 5.74) is 1.53. The van der Waals surface area contributed by atoms with Gasteiger partial charge in [0.2, 0.25) is 0 Å². The molecule has 0 fully saturated rings. The van der Waals surface area contributed by atoms with Crippen LogP contribution in [-0.4, -0.2) is 16.2 Å². The molecule has 2 aromatic rings. The van der Waals surface area contributed by atoms with E-state index in [1.807, 2.05) is 13.0 Å². The van der Waals surface area contributed by atoms with Gasteiger partial charge in [-0.3, -0.25) is 4.98 Å². The molecule has 5 heteroatoms. The van der Waals surface area contributed by atoms with E-state index in [9.17, 15) is 4.79 Å². The summed E-state index contributed by atoms with van der Waals surface area (Å²) in [4.78, 5) is 14.8. The lowest BCUT2D eigenvalue weighted by Gasteiger charge is -2.07. The zero-order valence-electron chi connectivity index (χ0n) is 9.11. The molecule has 1 heterocycles. The zero-order valence-corrected chi connectivity index (χ0v) is 9.86. The van der Waals surface area contributed by atoms with E-state index in [1.54, 1.807) is 18.3 Å². The Hall–Kier alpha value is -1.81. The molecule has 0 atom stereocenters. The fourth-order valence-corrected chi connectivity index (χ4v) is 1.76. The van der Waals surface area contributed by atoms with Crippen LogP contribution in [0.3, 0.4) is 0 Å².